The van der Waals surface area contributed by atoms with Gasteiger partial charge in [-0.25, -0.2) is 0 Å². The van der Waals surface area contributed by atoms with Gasteiger partial charge < -0.3 is 14.2 Å². The minimum atomic E-state index is -0.797. The Kier molecular flexibility index (Phi) is 51.3. The molecular formula is C59H104O6. The molecule has 0 radical (unpaired) electrons. The van der Waals surface area contributed by atoms with E-state index in [1.807, 2.05) is 0 Å². The Morgan fingerprint density at radius 3 is 0.985 bits per heavy atom. The summed E-state index contributed by atoms with van der Waals surface area (Å²) in [4.78, 5) is 38.1. The van der Waals surface area contributed by atoms with Gasteiger partial charge in [-0.05, 0) is 83.5 Å². The fraction of sp³-hybridized carbons (Fsp3) is 0.780. The smallest absolute Gasteiger partial charge is 0.306 e. The number of esters is 3. The number of hydrogen-bond donors (Lipinski definition) is 0. The summed E-state index contributed by atoms with van der Waals surface area (Å²) in [7, 11) is 0. The monoisotopic (exact) mass is 909 g/mol. The molecule has 0 N–H and O–H groups in total. The van der Waals surface area contributed by atoms with Crippen molar-refractivity contribution >= 4 is 17.9 Å². The molecule has 6 heteroatoms. The summed E-state index contributed by atoms with van der Waals surface area (Å²) in [6, 6.07) is 0. The third kappa shape index (κ3) is 51.9. The first kappa shape index (κ1) is 62.1. The maximum atomic E-state index is 12.8. The van der Waals surface area contributed by atoms with Crippen LogP contribution in [0, 0.1) is 0 Å². The van der Waals surface area contributed by atoms with Crippen LogP contribution in [0.4, 0.5) is 0 Å². The molecule has 0 aliphatic carbocycles. The summed E-state index contributed by atoms with van der Waals surface area (Å²) in [5.74, 6) is -0.932. The van der Waals surface area contributed by atoms with E-state index >= 15 is 0 Å². The minimum Gasteiger partial charge on any atom is -0.462 e. The third-order valence-electron chi connectivity index (χ3n) is 12.0. The van der Waals surface area contributed by atoms with Crippen LogP contribution in [0.15, 0.2) is 60.8 Å². The maximum absolute atomic E-state index is 12.8. The van der Waals surface area contributed by atoms with Crippen molar-refractivity contribution in [3.8, 4) is 0 Å². The normalized spacial score (nSPS) is 12.5. The Morgan fingerprint density at radius 1 is 0.323 bits per heavy atom. The maximum Gasteiger partial charge on any atom is 0.306 e. The molecule has 0 rings (SSSR count). The van der Waals surface area contributed by atoms with E-state index < -0.39 is 6.10 Å². The zero-order chi connectivity index (χ0) is 47.2. The molecule has 376 valence electrons. The Hall–Kier alpha value is -2.89. The second kappa shape index (κ2) is 53.7. The minimum absolute atomic E-state index is 0.0911. The molecule has 0 aliphatic rings. The summed E-state index contributed by atoms with van der Waals surface area (Å²) in [6.07, 6.45) is 66.4. The molecule has 0 aromatic rings. The van der Waals surface area contributed by atoms with Crippen LogP contribution >= 0.6 is 0 Å². The fourth-order valence-corrected chi connectivity index (χ4v) is 7.84. The van der Waals surface area contributed by atoms with Crippen molar-refractivity contribution in [2.24, 2.45) is 0 Å². The van der Waals surface area contributed by atoms with E-state index in [-0.39, 0.29) is 37.5 Å². The van der Waals surface area contributed by atoms with Crippen LogP contribution in [0.25, 0.3) is 0 Å². The number of allylic oxidation sites excluding steroid dienone is 10. The van der Waals surface area contributed by atoms with Crippen LogP contribution in [0.5, 0.6) is 0 Å². The number of hydrogen-bond acceptors (Lipinski definition) is 6. The zero-order valence-corrected chi connectivity index (χ0v) is 43.0. The highest BCUT2D eigenvalue weighted by atomic mass is 16.6. The summed E-state index contributed by atoms with van der Waals surface area (Å²) in [6.45, 7) is 6.50. The fourth-order valence-electron chi connectivity index (χ4n) is 7.84. The molecule has 65 heavy (non-hydrogen) atoms. The van der Waals surface area contributed by atoms with Gasteiger partial charge in [0.2, 0.25) is 0 Å². The highest BCUT2D eigenvalue weighted by Gasteiger charge is 2.19. The number of carbonyl (C=O) groups excluding carboxylic acids is 3. The van der Waals surface area contributed by atoms with Crippen molar-refractivity contribution in [3.05, 3.63) is 60.8 Å². The standard InChI is InChI=1S/C59H104O6/c1-4-7-10-13-16-19-22-25-28-29-30-32-34-37-40-43-46-49-52-58(61)64-55-56(54-63-57(60)51-48-45-42-39-36-33-27-24-21-18-15-12-9-6-3)65-59(62)53-50-47-44-41-38-35-31-26-23-20-17-14-11-8-5-2/h8,11,17,20,24,26-27,31,38,41,56H,4-7,9-10,12-16,18-19,21-23,25,28-30,32-37,39-40,42-55H2,1-3H3/b11-8-,20-17-,27-24-,31-26-,41-38-/t56-/m1/s1. The molecule has 0 amide bonds. The largest absolute Gasteiger partial charge is 0.462 e. The van der Waals surface area contributed by atoms with E-state index in [0.29, 0.717) is 19.3 Å². The Morgan fingerprint density at radius 2 is 0.600 bits per heavy atom. The van der Waals surface area contributed by atoms with E-state index in [4.69, 9.17) is 14.2 Å². The van der Waals surface area contributed by atoms with Crippen LogP contribution in [-0.4, -0.2) is 37.2 Å². The van der Waals surface area contributed by atoms with Gasteiger partial charge in [-0.1, -0.05) is 236 Å². The van der Waals surface area contributed by atoms with Crippen molar-refractivity contribution in [1.29, 1.82) is 0 Å². The van der Waals surface area contributed by atoms with E-state index in [2.05, 4.69) is 81.5 Å². The van der Waals surface area contributed by atoms with Crippen LogP contribution in [0.1, 0.15) is 278 Å². The van der Waals surface area contributed by atoms with E-state index in [9.17, 15) is 14.4 Å². The molecule has 6 nitrogen and oxygen atoms in total. The number of unbranched alkanes of at least 4 members (excludes halogenated alkanes) is 29. The first-order chi connectivity index (χ1) is 32.0. The predicted molar refractivity (Wildman–Crippen MR) is 279 cm³/mol. The number of carbonyl (C=O) groups is 3. The second-order valence-electron chi connectivity index (χ2n) is 18.5. The molecule has 1 atom stereocenters. The van der Waals surface area contributed by atoms with E-state index in [1.54, 1.807) is 0 Å². The lowest BCUT2D eigenvalue weighted by Gasteiger charge is -2.18. The van der Waals surface area contributed by atoms with Gasteiger partial charge in [0.05, 0.1) is 0 Å². The van der Waals surface area contributed by atoms with Gasteiger partial charge in [0, 0.05) is 19.3 Å². The van der Waals surface area contributed by atoms with E-state index in [0.717, 1.165) is 83.5 Å². The topological polar surface area (TPSA) is 78.9 Å². The molecule has 0 saturated carbocycles. The summed E-state index contributed by atoms with van der Waals surface area (Å²) >= 11 is 0. The lowest BCUT2D eigenvalue weighted by molar-refractivity contribution is -0.167. The number of ether oxygens (including phenoxy) is 3. The second-order valence-corrected chi connectivity index (χ2v) is 18.5. The van der Waals surface area contributed by atoms with Crippen LogP contribution in [0.2, 0.25) is 0 Å². The summed E-state index contributed by atoms with van der Waals surface area (Å²) < 4.78 is 16.8. The lowest BCUT2D eigenvalue weighted by atomic mass is 10.0. The van der Waals surface area contributed by atoms with Crippen molar-refractivity contribution < 1.29 is 28.6 Å². The van der Waals surface area contributed by atoms with Gasteiger partial charge in [0.15, 0.2) is 6.10 Å². The van der Waals surface area contributed by atoms with Gasteiger partial charge in [-0.3, -0.25) is 14.4 Å². The molecule has 0 aliphatic heterocycles. The molecule has 0 saturated heterocycles. The van der Waals surface area contributed by atoms with Crippen molar-refractivity contribution in [2.75, 3.05) is 13.2 Å². The van der Waals surface area contributed by atoms with Crippen molar-refractivity contribution in [2.45, 2.75) is 284 Å². The summed E-state index contributed by atoms with van der Waals surface area (Å²) in [5.41, 5.74) is 0. The van der Waals surface area contributed by atoms with Gasteiger partial charge in [-0.15, -0.1) is 0 Å². The van der Waals surface area contributed by atoms with Crippen LogP contribution in [-0.2, 0) is 28.6 Å². The first-order valence-corrected chi connectivity index (χ1v) is 27.8. The zero-order valence-electron chi connectivity index (χ0n) is 43.0. The quantitative estimate of drug-likeness (QED) is 0.0262. The molecule has 0 heterocycles. The van der Waals surface area contributed by atoms with Gasteiger partial charge >= 0.3 is 17.9 Å². The SMILES string of the molecule is CC/C=C\C/C=C\C/C=C\C/C=C\CCCCC(=O)O[C@H](COC(=O)CCCCCCC/C=C\CCCCCCC)COC(=O)CCCCCCCCCCCCCCCCCCCC. The molecule has 0 spiro atoms. The summed E-state index contributed by atoms with van der Waals surface area (Å²) in [5, 5.41) is 0. The van der Waals surface area contributed by atoms with Crippen molar-refractivity contribution in [3.63, 3.8) is 0 Å². The van der Waals surface area contributed by atoms with Crippen LogP contribution < -0.4 is 0 Å². The predicted octanol–water partition coefficient (Wildman–Crippen LogP) is 18.4. The van der Waals surface area contributed by atoms with Crippen LogP contribution in [0.3, 0.4) is 0 Å². The molecule has 0 aromatic carbocycles. The average molecular weight is 909 g/mol. The van der Waals surface area contributed by atoms with Gasteiger partial charge in [0.1, 0.15) is 13.2 Å². The Labute approximate surface area is 402 Å². The molecule has 0 fully saturated rings. The third-order valence-corrected chi connectivity index (χ3v) is 12.0. The average Bonchev–Trinajstić information content (AvgIpc) is 3.30. The number of rotatable bonds is 50. The van der Waals surface area contributed by atoms with Crippen molar-refractivity contribution in [1.82, 2.24) is 0 Å². The first-order valence-electron chi connectivity index (χ1n) is 27.8. The van der Waals surface area contributed by atoms with E-state index in [1.165, 1.54) is 148 Å². The highest BCUT2D eigenvalue weighted by Crippen LogP contribution is 2.16. The Balaban J connectivity index is 4.40. The van der Waals surface area contributed by atoms with Gasteiger partial charge in [-0.2, -0.15) is 0 Å². The molecule has 0 unspecified atom stereocenters. The highest BCUT2D eigenvalue weighted by molar-refractivity contribution is 5.71. The van der Waals surface area contributed by atoms with Gasteiger partial charge in [0.25, 0.3) is 0 Å². The molecule has 0 bridgehead atoms. The lowest BCUT2D eigenvalue weighted by Crippen LogP contribution is -2.30. The Bertz CT molecular complexity index is 1180. The molecular weight excluding hydrogens is 805 g/mol. The molecule has 0 aromatic heterocycles.